The van der Waals surface area contributed by atoms with Crippen molar-refractivity contribution < 1.29 is 4.79 Å². The highest BCUT2D eigenvalue weighted by atomic mass is 35.5. The lowest BCUT2D eigenvalue weighted by molar-refractivity contribution is -0.121. The molecule has 0 amide bonds. The topological polar surface area (TPSA) is 46.3 Å². The molecule has 0 aromatic carbocycles. The number of nitrogens with two attached hydrogens (primary N) is 1. The van der Waals surface area contributed by atoms with E-state index in [1.54, 1.807) is 0 Å². The van der Waals surface area contributed by atoms with Crippen molar-refractivity contribution in [3.05, 3.63) is 0 Å². The van der Waals surface area contributed by atoms with Crippen LogP contribution in [0.15, 0.2) is 0 Å². The Bertz CT molecular complexity index is 131. The molecule has 0 atom stereocenters. The lowest BCUT2D eigenvalue weighted by Crippen LogP contribution is -2.35. The number of hydrogen-bond acceptors (Lipinski definition) is 3. The Morgan fingerprint density at radius 3 is 2.42 bits per heavy atom. The third kappa shape index (κ3) is 4.04. The van der Waals surface area contributed by atoms with Crippen LogP contribution in [0, 0.1) is 0 Å². The molecule has 72 valence electrons. The minimum atomic E-state index is 0. The number of rotatable bonds is 3. The lowest BCUT2D eigenvalue weighted by atomic mass is 10.1. The molecule has 0 saturated carbocycles. The quantitative estimate of drug-likeness (QED) is 0.705. The molecule has 1 fully saturated rings. The summed E-state index contributed by atoms with van der Waals surface area (Å²) in [4.78, 5) is 13.1. The molecule has 0 spiro atoms. The Labute approximate surface area is 79.7 Å². The number of piperidine rings is 1. The zero-order valence-electron chi connectivity index (χ0n) is 7.29. The van der Waals surface area contributed by atoms with Crippen molar-refractivity contribution in [1.82, 2.24) is 4.90 Å². The van der Waals surface area contributed by atoms with Gasteiger partial charge in [-0.25, -0.2) is 0 Å². The molecular formula is C8H17ClN2O. The predicted octanol–water partition coefficient (Wildman–Crippen LogP) is 0.422. The van der Waals surface area contributed by atoms with E-state index in [4.69, 9.17) is 5.73 Å². The summed E-state index contributed by atoms with van der Waals surface area (Å²) in [5.41, 5.74) is 5.38. The van der Waals surface area contributed by atoms with Gasteiger partial charge in [0.05, 0.1) is 0 Å². The van der Waals surface area contributed by atoms with Crippen molar-refractivity contribution in [1.29, 1.82) is 0 Å². The summed E-state index contributed by atoms with van der Waals surface area (Å²) in [6.07, 6.45) is 2.53. The first-order valence-electron chi connectivity index (χ1n) is 4.27. The maximum Gasteiger partial charge on any atom is 0.135 e. The van der Waals surface area contributed by atoms with Crippen LogP contribution >= 0.6 is 12.4 Å². The molecule has 1 aliphatic heterocycles. The first-order valence-corrected chi connectivity index (χ1v) is 4.27. The zero-order chi connectivity index (χ0) is 8.10. The standard InChI is InChI=1S/C8H16N2O.ClH/c9-4-1-5-10-6-2-8(11)3-7-10;/h1-7,9H2;1H. The molecule has 0 unspecified atom stereocenters. The van der Waals surface area contributed by atoms with Gasteiger partial charge in [0.1, 0.15) is 5.78 Å². The van der Waals surface area contributed by atoms with Gasteiger partial charge in [-0.1, -0.05) is 0 Å². The molecule has 1 heterocycles. The largest absolute Gasteiger partial charge is 0.330 e. The van der Waals surface area contributed by atoms with E-state index >= 15 is 0 Å². The normalized spacial score (nSPS) is 18.9. The zero-order valence-corrected chi connectivity index (χ0v) is 8.11. The average molecular weight is 193 g/mol. The predicted molar refractivity (Wildman–Crippen MR) is 51.6 cm³/mol. The Morgan fingerprint density at radius 2 is 1.92 bits per heavy atom. The second-order valence-corrected chi connectivity index (χ2v) is 3.02. The fourth-order valence-corrected chi connectivity index (χ4v) is 1.34. The summed E-state index contributed by atoms with van der Waals surface area (Å²) in [7, 11) is 0. The van der Waals surface area contributed by atoms with Crippen LogP contribution in [0.2, 0.25) is 0 Å². The molecule has 0 aromatic heterocycles. The van der Waals surface area contributed by atoms with E-state index in [2.05, 4.69) is 4.90 Å². The van der Waals surface area contributed by atoms with Gasteiger partial charge in [-0.05, 0) is 19.5 Å². The number of halogens is 1. The van der Waals surface area contributed by atoms with Gasteiger partial charge in [0.15, 0.2) is 0 Å². The highest BCUT2D eigenvalue weighted by Crippen LogP contribution is 2.05. The Morgan fingerprint density at radius 1 is 1.33 bits per heavy atom. The highest BCUT2D eigenvalue weighted by molar-refractivity contribution is 5.85. The third-order valence-corrected chi connectivity index (χ3v) is 2.09. The minimum absolute atomic E-state index is 0. The molecule has 2 N–H and O–H groups in total. The van der Waals surface area contributed by atoms with E-state index in [9.17, 15) is 4.79 Å². The van der Waals surface area contributed by atoms with E-state index in [1.165, 1.54) is 0 Å². The molecule has 1 rings (SSSR count). The maximum atomic E-state index is 10.8. The summed E-state index contributed by atoms with van der Waals surface area (Å²) in [5, 5.41) is 0. The van der Waals surface area contributed by atoms with E-state index in [0.29, 0.717) is 5.78 Å². The van der Waals surface area contributed by atoms with Gasteiger partial charge in [0.2, 0.25) is 0 Å². The van der Waals surface area contributed by atoms with Gasteiger partial charge in [-0.15, -0.1) is 12.4 Å². The number of nitrogens with zero attached hydrogens (tertiary/aromatic N) is 1. The molecule has 3 nitrogen and oxygen atoms in total. The average Bonchev–Trinajstić information content (AvgIpc) is 2.04. The fourth-order valence-electron chi connectivity index (χ4n) is 1.34. The smallest absolute Gasteiger partial charge is 0.135 e. The molecule has 1 aliphatic rings. The molecule has 0 aliphatic carbocycles. The van der Waals surface area contributed by atoms with E-state index in [1.807, 2.05) is 0 Å². The van der Waals surface area contributed by atoms with Gasteiger partial charge >= 0.3 is 0 Å². The van der Waals surface area contributed by atoms with E-state index < -0.39 is 0 Å². The monoisotopic (exact) mass is 192 g/mol. The Kier molecular flexibility index (Phi) is 6.34. The van der Waals surface area contributed by atoms with Gasteiger partial charge in [-0.3, -0.25) is 4.79 Å². The number of carbonyl (C=O) groups is 1. The van der Waals surface area contributed by atoms with Crippen molar-refractivity contribution in [2.24, 2.45) is 5.73 Å². The first-order chi connectivity index (χ1) is 5.33. The molecular weight excluding hydrogens is 176 g/mol. The SMILES string of the molecule is Cl.NCCCN1CCC(=O)CC1. The maximum absolute atomic E-state index is 10.8. The van der Waals surface area contributed by atoms with E-state index in [-0.39, 0.29) is 12.4 Å². The molecule has 12 heavy (non-hydrogen) atoms. The van der Waals surface area contributed by atoms with Crippen LogP contribution in [-0.2, 0) is 4.79 Å². The summed E-state index contributed by atoms with van der Waals surface area (Å²) in [6.45, 7) is 3.70. The summed E-state index contributed by atoms with van der Waals surface area (Å²) in [5.74, 6) is 0.411. The second-order valence-electron chi connectivity index (χ2n) is 3.02. The number of likely N-dealkylation sites (tertiary alicyclic amines) is 1. The molecule has 0 bridgehead atoms. The van der Waals surface area contributed by atoms with Crippen LogP contribution in [-0.4, -0.2) is 36.9 Å². The molecule has 4 heteroatoms. The Balaban J connectivity index is 0.00000121. The van der Waals surface area contributed by atoms with Crippen LogP contribution in [0.1, 0.15) is 19.3 Å². The van der Waals surface area contributed by atoms with Gasteiger partial charge in [0, 0.05) is 25.9 Å². The Hall–Kier alpha value is -0.120. The molecule has 1 saturated heterocycles. The number of carbonyl (C=O) groups excluding carboxylic acids is 1. The summed E-state index contributed by atoms with van der Waals surface area (Å²) < 4.78 is 0. The van der Waals surface area contributed by atoms with Crippen LogP contribution in [0.4, 0.5) is 0 Å². The summed E-state index contributed by atoms with van der Waals surface area (Å²) in [6, 6.07) is 0. The first kappa shape index (κ1) is 11.9. The van der Waals surface area contributed by atoms with Crippen LogP contribution in [0.25, 0.3) is 0 Å². The van der Waals surface area contributed by atoms with Crippen molar-refractivity contribution in [3.8, 4) is 0 Å². The third-order valence-electron chi connectivity index (χ3n) is 2.09. The molecule has 0 aromatic rings. The van der Waals surface area contributed by atoms with Crippen molar-refractivity contribution in [2.45, 2.75) is 19.3 Å². The van der Waals surface area contributed by atoms with Crippen LogP contribution in [0.5, 0.6) is 0 Å². The van der Waals surface area contributed by atoms with Crippen molar-refractivity contribution in [3.63, 3.8) is 0 Å². The van der Waals surface area contributed by atoms with E-state index in [0.717, 1.165) is 45.4 Å². The van der Waals surface area contributed by atoms with Crippen LogP contribution < -0.4 is 5.73 Å². The molecule has 0 radical (unpaired) electrons. The number of ketones is 1. The van der Waals surface area contributed by atoms with Crippen molar-refractivity contribution in [2.75, 3.05) is 26.2 Å². The van der Waals surface area contributed by atoms with Crippen molar-refractivity contribution >= 4 is 18.2 Å². The number of hydrogen-bond donors (Lipinski definition) is 1. The van der Waals surface area contributed by atoms with Gasteiger partial charge in [-0.2, -0.15) is 0 Å². The second kappa shape index (κ2) is 6.40. The minimum Gasteiger partial charge on any atom is -0.330 e. The summed E-state index contributed by atoms with van der Waals surface area (Å²) >= 11 is 0. The van der Waals surface area contributed by atoms with Gasteiger partial charge in [0.25, 0.3) is 0 Å². The van der Waals surface area contributed by atoms with Gasteiger partial charge < -0.3 is 10.6 Å². The van der Waals surface area contributed by atoms with Crippen LogP contribution in [0.3, 0.4) is 0 Å². The lowest BCUT2D eigenvalue weighted by Gasteiger charge is -2.25. The highest BCUT2D eigenvalue weighted by Gasteiger charge is 2.14. The number of Topliss-reactive ketones (excluding diaryl/α,β-unsaturated/α-hetero) is 1. The fraction of sp³-hybridized carbons (Fsp3) is 0.875.